The summed E-state index contributed by atoms with van der Waals surface area (Å²) in [6.07, 6.45) is 1.90. The maximum Gasteiger partial charge on any atom is 0.256 e. The first kappa shape index (κ1) is 23.5. The van der Waals surface area contributed by atoms with Gasteiger partial charge >= 0.3 is 0 Å². The summed E-state index contributed by atoms with van der Waals surface area (Å²) in [5.74, 6) is -0.837. The second-order valence-corrected chi connectivity index (χ2v) is 8.13. The van der Waals surface area contributed by atoms with E-state index in [0.717, 1.165) is 11.3 Å². The summed E-state index contributed by atoms with van der Waals surface area (Å²) in [4.78, 5) is 36.6. The van der Waals surface area contributed by atoms with Crippen LogP contribution in [0.1, 0.15) is 46.5 Å². The Morgan fingerprint density at radius 1 is 1.00 bits per heavy atom. The third-order valence-electron chi connectivity index (χ3n) is 5.08. The predicted molar refractivity (Wildman–Crippen MR) is 125 cm³/mol. The number of nitrogens with two attached hydrogens (primary N) is 2. The number of anilines is 1. The number of para-hydroxylation sites is 1. The topological polar surface area (TPSA) is 145 Å². The van der Waals surface area contributed by atoms with Gasteiger partial charge in [0.15, 0.2) is 0 Å². The SMILES string of the molecule is CC(C)C[C@H](NC(=O)c1ccc(CNC(=O)c2cnn(-c3ccccc3)c2N)cc1)C(N)=O. The molecule has 0 saturated carbocycles. The summed E-state index contributed by atoms with van der Waals surface area (Å²) in [5.41, 5.74) is 13.7. The summed E-state index contributed by atoms with van der Waals surface area (Å²) in [6, 6.07) is 15.3. The fourth-order valence-corrected chi connectivity index (χ4v) is 3.32. The number of nitrogens with one attached hydrogen (secondary N) is 2. The number of rotatable bonds is 9. The summed E-state index contributed by atoms with van der Waals surface area (Å²) in [7, 11) is 0. The smallest absolute Gasteiger partial charge is 0.256 e. The summed E-state index contributed by atoms with van der Waals surface area (Å²) in [5, 5.41) is 9.68. The van der Waals surface area contributed by atoms with E-state index in [9.17, 15) is 14.4 Å². The van der Waals surface area contributed by atoms with Crippen molar-refractivity contribution in [3.63, 3.8) is 0 Å². The molecule has 6 N–H and O–H groups in total. The summed E-state index contributed by atoms with van der Waals surface area (Å²) >= 11 is 0. The number of carbonyl (C=O) groups is 3. The van der Waals surface area contributed by atoms with Crippen molar-refractivity contribution in [2.75, 3.05) is 5.73 Å². The zero-order chi connectivity index (χ0) is 24.0. The van der Waals surface area contributed by atoms with Crippen LogP contribution in [0.3, 0.4) is 0 Å². The maximum atomic E-state index is 12.6. The Morgan fingerprint density at radius 3 is 2.27 bits per heavy atom. The Hall–Kier alpha value is -4.14. The van der Waals surface area contributed by atoms with Gasteiger partial charge in [0.25, 0.3) is 11.8 Å². The van der Waals surface area contributed by atoms with Gasteiger partial charge in [0.2, 0.25) is 5.91 Å². The average Bonchev–Trinajstić information content (AvgIpc) is 3.19. The Labute approximate surface area is 192 Å². The van der Waals surface area contributed by atoms with E-state index >= 15 is 0 Å². The minimum atomic E-state index is -0.723. The number of nitrogens with zero attached hydrogens (tertiary/aromatic N) is 2. The van der Waals surface area contributed by atoms with Gasteiger partial charge in [0.05, 0.1) is 11.9 Å². The number of amides is 3. The molecule has 1 aromatic heterocycles. The third-order valence-corrected chi connectivity index (χ3v) is 5.08. The van der Waals surface area contributed by atoms with Gasteiger partial charge < -0.3 is 22.1 Å². The fraction of sp³-hybridized carbons (Fsp3) is 0.250. The standard InChI is InChI=1S/C24H28N6O3/c1-15(2)12-20(22(26)31)29-23(32)17-10-8-16(9-11-17)13-27-24(33)19-14-28-30(21(19)25)18-6-4-3-5-7-18/h3-11,14-15,20H,12-13,25H2,1-2H3,(H2,26,31)(H,27,33)(H,29,32)/t20-/m0/s1. The Bertz CT molecular complexity index is 1120. The molecule has 3 aromatic rings. The van der Waals surface area contributed by atoms with Crippen LogP contribution in [0.5, 0.6) is 0 Å². The normalized spacial score (nSPS) is 11.7. The molecule has 0 aliphatic carbocycles. The Kier molecular flexibility index (Phi) is 7.45. The number of aromatic nitrogens is 2. The van der Waals surface area contributed by atoms with E-state index in [4.69, 9.17) is 11.5 Å². The van der Waals surface area contributed by atoms with Gasteiger partial charge in [-0.15, -0.1) is 0 Å². The number of carbonyl (C=O) groups excluding carboxylic acids is 3. The van der Waals surface area contributed by atoms with Crippen molar-refractivity contribution in [1.29, 1.82) is 0 Å². The molecular formula is C24H28N6O3. The molecule has 0 spiro atoms. The zero-order valence-electron chi connectivity index (χ0n) is 18.6. The van der Waals surface area contributed by atoms with Crippen LogP contribution in [-0.4, -0.2) is 33.5 Å². The first-order valence-corrected chi connectivity index (χ1v) is 10.6. The lowest BCUT2D eigenvalue weighted by molar-refractivity contribution is -0.120. The number of hydrogen-bond acceptors (Lipinski definition) is 5. The number of benzene rings is 2. The van der Waals surface area contributed by atoms with E-state index in [1.54, 1.807) is 24.3 Å². The van der Waals surface area contributed by atoms with Gasteiger partial charge in [-0.05, 0) is 42.2 Å². The minimum absolute atomic E-state index is 0.211. The highest BCUT2D eigenvalue weighted by Gasteiger charge is 2.20. The Balaban J connectivity index is 1.59. The van der Waals surface area contributed by atoms with Crippen molar-refractivity contribution >= 4 is 23.5 Å². The second kappa shape index (κ2) is 10.4. The van der Waals surface area contributed by atoms with Gasteiger partial charge in [-0.25, -0.2) is 4.68 Å². The van der Waals surface area contributed by atoms with E-state index in [1.165, 1.54) is 10.9 Å². The van der Waals surface area contributed by atoms with Crippen LogP contribution in [0, 0.1) is 5.92 Å². The summed E-state index contributed by atoms with van der Waals surface area (Å²) < 4.78 is 1.50. The first-order valence-electron chi connectivity index (χ1n) is 10.6. The van der Waals surface area contributed by atoms with Gasteiger partial charge in [-0.3, -0.25) is 14.4 Å². The van der Waals surface area contributed by atoms with Gasteiger partial charge in [-0.1, -0.05) is 44.2 Å². The summed E-state index contributed by atoms with van der Waals surface area (Å²) in [6.45, 7) is 4.14. The van der Waals surface area contributed by atoms with E-state index in [2.05, 4.69) is 15.7 Å². The molecule has 0 aliphatic heterocycles. The lowest BCUT2D eigenvalue weighted by Crippen LogP contribution is -2.45. The van der Waals surface area contributed by atoms with Crippen LogP contribution in [0.25, 0.3) is 5.69 Å². The molecular weight excluding hydrogens is 420 g/mol. The molecule has 9 heteroatoms. The lowest BCUT2D eigenvalue weighted by atomic mass is 10.0. The molecule has 0 saturated heterocycles. The maximum absolute atomic E-state index is 12.6. The van der Waals surface area contributed by atoms with Crippen LogP contribution in [-0.2, 0) is 11.3 Å². The average molecular weight is 449 g/mol. The highest BCUT2D eigenvalue weighted by Crippen LogP contribution is 2.17. The third kappa shape index (κ3) is 5.97. The number of primary amides is 1. The zero-order valence-corrected chi connectivity index (χ0v) is 18.6. The molecule has 0 unspecified atom stereocenters. The highest BCUT2D eigenvalue weighted by atomic mass is 16.2. The largest absolute Gasteiger partial charge is 0.383 e. The van der Waals surface area contributed by atoms with Crippen molar-refractivity contribution < 1.29 is 14.4 Å². The van der Waals surface area contributed by atoms with Crippen molar-refractivity contribution in [1.82, 2.24) is 20.4 Å². The molecule has 0 radical (unpaired) electrons. The highest BCUT2D eigenvalue weighted by molar-refractivity contribution is 5.98. The molecule has 172 valence electrons. The van der Waals surface area contributed by atoms with Crippen molar-refractivity contribution in [3.05, 3.63) is 77.5 Å². The van der Waals surface area contributed by atoms with E-state index in [1.807, 2.05) is 44.2 Å². The van der Waals surface area contributed by atoms with Crippen LogP contribution in [0.4, 0.5) is 5.82 Å². The molecule has 0 bridgehead atoms. The van der Waals surface area contributed by atoms with Crippen LogP contribution >= 0.6 is 0 Å². The molecule has 2 aromatic carbocycles. The molecule has 3 amide bonds. The molecule has 1 atom stereocenters. The number of hydrogen-bond donors (Lipinski definition) is 4. The van der Waals surface area contributed by atoms with Crippen LogP contribution in [0.2, 0.25) is 0 Å². The molecule has 0 aliphatic rings. The van der Waals surface area contributed by atoms with Crippen molar-refractivity contribution in [2.24, 2.45) is 11.7 Å². The van der Waals surface area contributed by atoms with Gasteiger partial charge in [-0.2, -0.15) is 5.10 Å². The Morgan fingerprint density at radius 2 is 1.67 bits per heavy atom. The van der Waals surface area contributed by atoms with Crippen LogP contribution in [0.15, 0.2) is 60.8 Å². The van der Waals surface area contributed by atoms with E-state index < -0.39 is 11.9 Å². The predicted octanol–water partition coefficient (Wildman–Crippen LogP) is 2.01. The number of nitrogen functional groups attached to an aromatic ring is 1. The fourth-order valence-electron chi connectivity index (χ4n) is 3.32. The molecule has 33 heavy (non-hydrogen) atoms. The van der Waals surface area contributed by atoms with Crippen molar-refractivity contribution in [2.45, 2.75) is 32.9 Å². The minimum Gasteiger partial charge on any atom is -0.383 e. The van der Waals surface area contributed by atoms with Crippen molar-refractivity contribution in [3.8, 4) is 5.69 Å². The lowest BCUT2D eigenvalue weighted by Gasteiger charge is -2.17. The second-order valence-electron chi connectivity index (χ2n) is 8.13. The van der Waals surface area contributed by atoms with Gasteiger partial charge in [0, 0.05) is 12.1 Å². The molecule has 3 rings (SSSR count). The van der Waals surface area contributed by atoms with Crippen LogP contribution < -0.4 is 22.1 Å². The van der Waals surface area contributed by atoms with Gasteiger partial charge in [0.1, 0.15) is 17.4 Å². The first-order chi connectivity index (χ1) is 15.8. The molecule has 1 heterocycles. The van der Waals surface area contributed by atoms with E-state index in [0.29, 0.717) is 12.0 Å². The monoisotopic (exact) mass is 448 g/mol. The quantitative estimate of drug-likeness (QED) is 0.396. The molecule has 0 fully saturated rings. The van der Waals surface area contributed by atoms with E-state index in [-0.39, 0.29) is 35.7 Å². The molecule has 9 nitrogen and oxygen atoms in total.